The van der Waals surface area contributed by atoms with Crippen LogP contribution in [0.5, 0.6) is 0 Å². The van der Waals surface area contributed by atoms with E-state index in [0.717, 1.165) is 5.69 Å². The van der Waals surface area contributed by atoms with E-state index in [4.69, 9.17) is 0 Å². The highest BCUT2D eigenvalue weighted by molar-refractivity contribution is 9.10. The van der Waals surface area contributed by atoms with Crippen LogP contribution in [0.2, 0.25) is 0 Å². The van der Waals surface area contributed by atoms with Crippen LogP contribution in [0.15, 0.2) is 46.9 Å². The minimum atomic E-state index is -0.349. The molecule has 0 aliphatic carbocycles. The summed E-state index contributed by atoms with van der Waals surface area (Å²) < 4.78 is 13.8. The van der Waals surface area contributed by atoms with E-state index in [9.17, 15) is 9.18 Å². The Bertz CT molecular complexity index is 623. The van der Waals surface area contributed by atoms with Gasteiger partial charge < -0.3 is 4.90 Å². The smallest absolute Gasteiger partial charge is 0.167 e. The molecule has 0 atom stereocenters. The molecule has 0 spiro atoms. The van der Waals surface area contributed by atoms with E-state index in [1.54, 1.807) is 24.3 Å². The highest BCUT2D eigenvalue weighted by atomic mass is 79.9. The summed E-state index contributed by atoms with van der Waals surface area (Å²) in [4.78, 5) is 14.2. The lowest BCUT2D eigenvalue weighted by Gasteiger charge is -2.12. The number of ketones is 1. The van der Waals surface area contributed by atoms with E-state index in [0.29, 0.717) is 15.6 Å². The van der Waals surface area contributed by atoms with Crippen LogP contribution < -0.4 is 4.90 Å². The second kappa shape index (κ2) is 6.18. The van der Waals surface area contributed by atoms with E-state index in [1.807, 2.05) is 31.1 Å². The molecule has 0 aliphatic rings. The largest absolute Gasteiger partial charge is 0.378 e. The number of rotatable bonds is 4. The highest BCUT2D eigenvalue weighted by Gasteiger charge is 2.11. The molecule has 2 aromatic carbocycles. The van der Waals surface area contributed by atoms with Gasteiger partial charge in [0, 0.05) is 31.8 Å². The Morgan fingerprint density at radius 1 is 1.15 bits per heavy atom. The molecule has 2 aromatic rings. The van der Waals surface area contributed by atoms with Gasteiger partial charge in [0.25, 0.3) is 0 Å². The molecular weight excluding hydrogens is 321 g/mol. The lowest BCUT2D eigenvalue weighted by atomic mass is 10.0. The van der Waals surface area contributed by atoms with Crippen LogP contribution in [-0.2, 0) is 6.42 Å². The summed E-state index contributed by atoms with van der Waals surface area (Å²) in [6.45, 7) is 0. The average Bonchev–Trinajstić information content (AvgIpc) is 2.44. The minimum Gasteiger partial charge on any atom is -0.378 e. The van der Waals surface area contributed by atoms with E-state index in [-0.39, 0.29) is 18.0 Å². The van der Waals surface area contributed by atoms with Gasteiger partial charge in [0.15, 0.2) is 5.78 Å². The van der Waals surface area contributed by atoms with Gasteiger partial charge in [-0.25, -0.2) is 4.39 Å². The molecule has 0 heterocycles. The summed E-state index contributed by atoms with van der Waals surface area (Å²) >= 11 is 3.18. The van der Waals surface area contributed by atoms with Gasteiger partial charge in [-0.2, -0.15) is 0 Å². The third kappa shape index (κ3) is 3.25. The first-order valence-corrected chi connectivity index (χ1v) is 7.02. The number of nitrogens with zero attached hydrogens (tertiary/aromatic N) is 1. The zero-order valence-electron chi connectivity index (χ0n) is 11.4. The number of carbonyl (C=O) groups is 1. The van der Waals surface area contributed by atoms with Crippen molar-refractivity contribution < 1.29 is 9.18 Å². The van der Waals surface area contributed by atoms with Gasteiger partial charge in [0.1, 0.15) is 5.82 Å². The van der Waals surface area contributed by atoms with Gasteiger partial charge in [-0.15, -0.1) is 0 Å². The Labute approximate surface area is 126 Å². The molecule has 0 fully saturated rings. The fraction of sp³-hybridized carbons (Fsp3) is 0.188. The monoisotopic (exact) mass is 335 g/mol. The summed E-state index contributed by atoms with van der Waals surface area (Å²) in [6.07, 6.45) is 0.180. The summed E-state index contributed by atoms with van der Waals surface area (Å²) in [7, 11) is 3.89. The van der Waals surface area contributed by atoms with Crippen molar-refractivity contribution in [1.82, 2.24) is 0 Å². The second-order valence-corrected chi connectivity index (χ2v) is 5.55. The zero-order chi connectivity index (χ0) is 14.7. The quantitative estimate of drug-likeness (QED) is 0.784. The molecule has 2 nitrogen and oxygen atoms in total. The van der Waals surface area contributed by atoms with Crippen LogP contribution in [0.25, 0.3) is 0 Å². The SMILES string of the molecule is CN(C)c1ccc(C(=O)Cc2cccc(F)c2Br)cc1. The lowest BCUT2D eigenvalue weighted by molar-refractivity contribution is 0.0993. The molecule has 0 N–H and O–H groups in total. The van der Waals surface area contributed by atoms with Crippen LogP contribution in [0.1, 0.15) is 15.9 Å². The van der Waals surface area contributed by atoms with Crippen LogP contribution in [0.3, 0.4) is 0 Å². The van der Waals surface area contributed by atoms with Crippen molar-refractivity contribution in [3.8, 4) is 0 Å². The molecular formula is C16H15BrFNO. The van der Waals surface area contributed by atoms with E-state index < -0.39 is 0 Å². The van der Waals surface area contributed by atoms with Gasteiger partial charge in [0.05, 0.1) is 4.47 Å². The van der Waals surface area contributed by atoms with Gasteiger partial charge in [-0.3, -0.25) is 4.79 Å². The molecule has 0 aromatic heterocycles. The van der Waals surface area contributed by atoms with Crippen molar-refractivity contribution in [2.24, 2.45) is 0 Å². The predicted octanol–water partition coefficient (Wildman–Crippen LogP) is 4.08. The summed E-state index contributed by atoms with van der Waals surface area (Å²) in [5, 5.41) is 0. The van der Waals surface area contributed by atoms with Crippen LogP contribution in [-0.4, -0.2) is 19.9 Å². The first-order valence-electron chi connectivity index (χ1n) is 6.22. The number of anilines is 1. The number of carbonyl (C=O) groups excluding carboxylic acids is 1. The molecule has 0 saturated carbocycles. The molecule has 2 rings (SSSR count). The molecule has 0 aliphatic heterocycles. The molecule has 0 amide bonds. The van der Waals surface area contributed by atoms with Crippen molar-refractivity contribution in [3.63, 3.8) is 0 Å². The molecule has 104 valence electrons. The Morgan fingerprint density at radius 2 is 1.80 bits per heavy atom. The van der Waals surface area contributed by atoms with E-state index in [2.05, 4.69) is 15.9 Å². The Hall–Kier alpha value is -1.68. The normalized spacial score (nSPS) is 10.4. The average molecular weight is 336 g/mol. The maximum absolute atomic E-state index is 13.4. The molecule has 0 saturated heterocycles. The summed E-state index contributed by atoms with van der Waals surface area (Å²) in [5.74, 6) is -0.375. The lowest BCUT2D eigenvalue weighted by Crippen LogP contribution is -2.09. The number of hydrogen-bond acceptors (Lipinski definition) is 2. The second-order valence-electron chi connectivity index (χ2n) is 4.75. The molecule has 0 unspecified atom stereocenters. The standard InChI is InChI=1S/C16H15BrFNO/c1-19(2)13-8-6-11(7-9-13)15(20)10-12-4-3-5-14(18)16(12)17/h3-9H,10H2,1-2H3. The van der Waals surface area contributed by atoms with Gasteiger partial charge in [0.2, 0.25) is 0 Å². The third-order valence-electron chi connectivity index (χ3n) is 3.09. The maximum atomic E-state index is 13.4. The van der Waals surface area contributed by atoms with Crippen molar-refractivity contribution in [3.05, 3.63) is 63.9 Å². The number of benzene rings is 2. The maximum Gasteiger partial charge on any atom is 0.167 e. The summed E-state index contributed by atoms with van der Waals surface area (Å²) in [6, 6.07) is 12.1. The van der Waals surface area contributed by atoms with Gasteiger partial charge >= 0.3 is 0 Å². The highest BCUT2D eigenvalue weighted by Crippen LogP contribution is 2.22. The molecule has 0 radical (unpaired) electrons. The topological polar surface area (TPSA) is 20.3 Å². The molecule has 20 heavy (non-hydrogen) atoms. The Morgan fingerprint density at radius 3 is 2.40 bits per heavy atom. The van der Waals surface area contributed by atoms with Crippen LogP contribution in [0, 0.1) is 5.82 Å². The Kier molecular flexibility index (Phi) is 4.55. The van der Waals surface area contributed by atoms with Crippen molar-refractivity contribution in [1.29, 1.82) is 0 Å². The van der Waals surface area contributed by atoms with Crippen molar-refractivity contribution >= 4 is 27.4 Å². The minimum absolute atomic E-state index is 0.0263. The van der Waals surface area contributed by atoms with E-state index in [1.165, 1.54) is 6.07 Å². The van der Waals surface area contributed by atoms with Crippen LogP contribution in [0.4, 0.5) is 10.1 Å². The van der Waals surface area contributed by atoms with Crippen molar-refractivity contribution in [2.45, 2.75) is 6.42 Å². The van der Waals surface area contributed by atoms with E-state index >= 15 is 0 Å². The first-order chi connectivity index (χ1) is 9.49. The molecule has 4 heteroatoms. The molecule has 0 bridgehead atoms. The Balaban J connectivity index is 2.18. The number of hydrogen-bond donors (Lipinski definition) is 0. The first kappa shape index (κ1) is 14.7. The fourth-order valence-electron chi connectivity index (χ4n) is 1.91. The fourth-order valence-corrected chi connectivity index (χ4v) is 2.31. The number of halogens is 2. The predicted molar refractivity (Wildman–Crippen MR) is 82.9 cm³/mol. The third-order valence-corrected chi connectivity index (χ3v) is 3.98. The summed E-state index contributed by atoms with van der Waals surface area (Å²) in [5.41, 5.74) is 2.33. The van der Waals surface area contributed by atoms with Gasteiger partial charge in [-0.1, -0.05) is 12.1 Å². The number of Topliss-reactive ketones (excluding diaryl/α,β-unsaturated/α-hetero) is 1. The zero-order valence-corrected chi connectivity index (χ0v) is 12.9. The van der Waals surface area contributed by atoms with Gasteiger partial charge in [-0.05, 0) is 51.8 Å². The van der Waals surface area contributed by atoms with Crippen LogP contribution >= 0.6 is 15.9 Å². The van der Waals surface area contributed by atoms with Crippen molar-refractivity contribution in [2.75, 3.05) is 19.0 Å².